The molecule has 1 aliphatic heterocycles. The van der Waals surface area contributed by atoms with E-state index in [0.717, 1.165) is 31.0 Å². The number of methoxy groups -OCH3 is 1. The van der Waals surface area contributed by atoms with Crippen molar-refractivity contribution in [2.75, 3.05) is 27.2 Å². The third-order valence-electron chi connectivity index (χ3n) is 5.85. The molecule has 1 fully saturated rings. The van der Waals surface area contributed by atoms with E-state index in [1.54, 1.807) is 13.4 Å². The molecule has 3 rings (SSSR count). The molecule has 0 aliphatic carbocycles. The van der Waals surface area contributed by atoms with E-state index in [4.69, 9.17) is 9.15 Å². The second kappa shape index (κ2) is 8.74. The van der Waals surface area contributed by atoms with Crippen LogP contribution in [0.15, 0.2) is 47.1 Å². The minimum absolute atomic E-state index is 0.202. The van der Waals surface area contributed by atoms with Crippen molar-refractivity contribution in [1.29, 1.82) is 0 Å². The standard InChI is InChI=1S/C22H32N2O2/c1-16-15-24(3)17(2)14-20(16)23-12-11-19(22-10-7-13-26-22)18-8-5-6-9-21(18)25-4/h5-10,13,16-17,19-20,23H,11-12,14-15H2,1-4H3/t16-,17+,19+,20+/m1/s1. The summed E-state index contributed by atoms with van der Waals surface area (Å²) in [6.45, 7) is 6.80. The van der Waals surface area contributed by atoms with Gasteiger partial charge in [-0.1, -0.05) is 25.1 Å². The van der Waals surface area contributed by atoms with Crippen LogP contribution in [0.25, 0.3) is 0 Å². The van der Waals surface area contributed by atoms with Gasteiger partial charge in [0.25, 0.3) is 0 Å². The van der Waals surface area contributed by atoms with Gasteiger partial charge in [0.15, 0.2) is 0 Å². The molecule has 0 saturated carbocycles. The quantitative estimate of drug-likeness (QED) is 0.809. The number of hydrogen-bond acceptors (Lipinski definition) is 4. The number of para-hydroxylation sites is 1. The molecule has 0 bridgehead atoms. The van der Waals surface area contributed by atoms with Crippen molar-refractivity contribution < 1.29 is 9.15 Å². The van der Waals surface area contributed by atoms with Crippen LogP contribution in [0.3, 0.4) is 0 Å². The van der Waals surface area contributed by atoms with Crippen LogP contribution in [0.5, 0.6) is 5.75 Å². The van der Waals surface area contributed by atoms with Crippen LogP contribution in [0, 0.1) is 5.92 Å². The first-order valence-corrected chi connectivity index (χ1v) is 9.70. The lowest BCUT2D eigenvalue weighted by Gasteiger charge is -2.40. The number of likely N-dealkylation sites (tertiary alicyclic amines) is 1. The fraction of sp³-hybridized carbons (Fsp3) is 0.545. The molecule has 1 N–H and O–H groups in total. The minimum Gasteiger partial charge on any atom is -0.496 e. The average Bonchev–Trinajstić information content (AvgIpc) is 3.17. The summed E-state index contributed by atoms with van der Waals surface area (Å²) >= 11 is 0. The molecule has 2 heterocycles. The summed E-state index contributed by atoms with van der Waals surface area (Å²) in [5, 5.41) is 3.81. The van der Waals surface area contributed by atoms with Crippen molar-refractivity contribution in [2.45, 2.75) is 44.7 Å². The molecule has 4 heteroatoms. The highest BCUT2D eigenvalue weighted by Gasteiger charge is 2.29. The van der Waals surface area contributed by atoms with Crippen LogP contribution < -0.4 is 10.1 Å². The first-order chi connectivity index (χ1) is 12.6. The predicted octanol–water partition coefficient (Wildman–Crippen LogP) is 4.13. The number of piperidine rings is 1. The maximum Gasteiger partial charge on any atom is 0.122 e. The number of nitrogens with zero attached hydrogens (tertiary/aromatic N) is 1. The van der Waals surface area contributed by atoms with Crippen LogP contribution in [0.1, 0.15) is 43.9 Å². The molecule has 4 nitrogen and oxygen atoms in total. The summed E-state index contributed by atoms with van der Waals surface area (Å²) in [4.78, 5) is 2.46. The highest BCUT2D eigenvalue weighted by atomic mass is 16.5. The average molecular weight is 357 g/mol. The van der Waals surface area contributed by atoms with Gasteiger partial charge in [0.1, 0.15) is 11.5 Å². The fourth-order valence-electron chi connectivity index (χ4n) is 4.13. The monoisotopic (exact) mass is 356 g/mol. The van der Waals surface area contributed by atoms with Crippen LogP contribution in [-0.4, -0.2) is 44.2 Å². The van der Waals surface area contributed by atoms with Gasteiger partial charge in [0.2, 0.25) is 0 Å². The van der Waals surface area contributed by atoms with Crippen LogP contribution >= 0.6 is 0 Å². The van der Waals surface area contributed by atoms with Crippen molar-refractivity contribution in [3.8, 4) is 5.75 Å². The normalized spacial score (nSPS) is 25.2. The third-order valence-corrected chi connectivity index (χ3v) is 5.85. The van der Waals surface area contributed by atoms with E-state index in [1.807, 2.05) is 18.2 Å². The summed E-state index contributed by atoms with van der Waals surface area (Å²) in [6.07, 6.45) is 3.95. The maximum absolute atomic E-state index is 5.75. The van der Waals surface area contributed by atoms with Crippen molar-refractivity contribution in [2.24, 2.45) is 5.92 Å². The van der Waals surface area contributed by atoms with E-state index in [1.165, 1.54) is 12.0 Å². The Bertz CT molecular complexity index is 671. The lowest BCUT2D eigenvalue weighted by Crippen LogP contribution is -2.51. The number of nitrogens with one attached hydrogen (secondary N) is 1. The van der Waals surface area contributed by atoms with Crippen molar-refractivity contribution in [3.63, 3.8) is 0 Å². The Morgan fingerprint density at radius 2 is 2.04 bits per heavy atom. The second-order valence-electron chi connectivity index (χ2n) is 7.66. The molecule has 142 valence electrons. The zero-order valence-electron chi connectivity index (χ0n) is 16.4. The van der Waals surface area contributed by atoms with Crippen molar-refractivity contribution in [3.05, 3.63) is 54.0 Å². The van der Waals surface area contributed by atoms with Crippen LogP contribution in [-0.2, 0) is 0 Å². The Kier molecular flexibility index (Phi) is 6.38. The topological polar surface area (TPSA) is 37.6 Å². The summed E-state index contributed by atoms with van der Waals surface area (Å²) in [5.41, 5.74) is 1.19. The largest absolute Gasteiger partial charge is 0.496 e. The maximum atomic E-state index is 5.75. The van der Waals surface area contributed by atoms with Gasteiger partial charge < -0.3 is 19.4 Å². The first kappa shape index (κ1) is 19.0. The van der Waals surface area contributed by atoms with Gasteiger partial charge in [-0.2, -0.15) is 0 Å². The molecular formula is C22H32N2O2. The molecule has 0 spiro atoms. The summed E-state index contributed by atoms with van der Waals surface area (Å²) in [5.74, 6) is 2.80. The number of benzene rings is 1. The Hall–Kier alpha value is -1.78. The van der Waals surface area contributed by atoms with Gasteiger partial charge in [0.05, 0.1) is 13.4 Å². The SMILES string of the molecule is COc1ccccc1[C@H](CCN[C@H]1C[C@H](C)N(C)C[C@H]1C)c1ccco1. The van der Waals surface area contributed by atoms with Gasteiger partial charge >= 0.3 is 0 Å². The van der Waals surface area contributed by atoms with E-state index < -0.39 is 0 Å². The van der Waals surface area contributed by atoms with Crippen molar-refractivity contribution >= 4 is 0 Å². The van der Waals surface area contributed by atoms with Gasteiger partial charge in [-0.3, -0.25) is 0 Å². The Labute approximate surface area is 157 Å². The third kappa shape index (κ3) is 4.30. The van der Waals surface area contributed by atoms with Gasteiger partial charge in [0, 0.05) is 30.1 Å². The lowest BCUT2D eigenvalue weighted by molar-refractivity contribution is 0.121. The van der Waals surface area contributed by atoms with E-state index in [0.29, 0.717) is 18.0 Å². The molecule has 1 aromatic carbocycles. The first-order valence-electron chi connectivity index (χ1n) is 9.70. The Balaban J connectivity index is 1.68. The van der Waals surface area contributed by atoms with E-state index in [2.05, 4.69) is 49.3 Å². The molecule has 0 unspecified atom stereocenters. The zero-order valence-corrected chi connectivity index (χ0v) is 16.4. The molecule has 0 radical (unpaired) electrons. The second-order valence-corrected chi connectivity index (χ2v) is 7.66. The highest BCUT2D eigenvalue weighted by molar-refractivity contribution is 5.39. The summed E-state index contributed by atoms with van der Waals surface area (Å²) in [6, 6.07) is 13.5. The Morgan fingerprint density at radius 1 is 1.23 bits per heavy atom. The van der Waals surface area contributed by atoms with E-state index >= 15 is 0 Å². The summed E-state index contributed by atoms with van der Waals surface area (Å²) in [7, 11) is 3.96. The fourth-order valence-corrected chi connectivity index (χ4v) is 4.13. The lowest BCUT2D eigenvalue weighted by atomic mass is 9.88. The zero-order chi connectivity index (χ0) is 18.5. The molecule has 26 heavy (non-hydrogen) atoms. The smallest absolute Gasteiger partial charge is 0.122 e. The highest BCUT2D eigenvalue weighted by Crippen LogP contribution is 2.34. The van der Waals surface area contributed by atoms with Crippen molar-refractivity contribution in [1.82, 2.24) is 10.2 Å². The number of hydrogen-bond donors (Lipinski definition) is 1. The molecule has 1 saturated heterocycles. The van der Waals surface area contributed by atoms with E-state index in [-0.39, 0.29) is 5.92 Å². The Morgan fingerprint density at radius 3 is 2.77 bits per heavy atom. The predicted molar refractivity (Wildman–Crippen MR) is 106 cm³/mol. The molecule has 1 aliphatic rings. The molecule has 0 amide bonds. The van der Waals surface area contributed by atoms with Gasteiger partial charge in [-0.25, -0.2) is 0 Å². The van der Waals surface area contributed by atoms with E-state index in [9.17, 15) is 0 Å². The molecule has 2 aromatic rings. The van der Waals surface area contributed by atoms with Gasteiger partial charge in [-0.05, 0) is 57.5 Å². The molecule has 4 atom stereocenters. The molecule has 1 aromatic heterocycles. The molecular weight excluding hydrogens is 324 g/mol. The minimum atomic E-state index is 0.202. The van der Waals surface area contributed by atoms with Crippen LogP contribution in [0.4, 0.5) is 0 Å². The van der Waals surface area contributed by atoms with Gasteiger partial charge in [-0.15, -0.1) is 0 Å². The van der Waals surface area contributed by atoms with Crippen LogP contribution in [0.2, 0.25) is 0 Å². The number of furan rings is 1. The summed E-state index contributed by atoms with van der Waals surface area (Å²) < 4.78 is 11.4. The number of rotatable bonds is 7. The number of ether oxygens (including phenoxy) is 1.